The lowest BCUT2D eigenvalue weighted by atomic mass is 9.82. The number of hydrogen-bond donors (Lipinski definition) is 0. The predicted octanol–water partition coefficient (Wildman–Crippen LogP) is 3.95. The lowest BCUT2D eigenvalue weighted by Crippen LogP contribution is -2.49. The van der Waals surface area contributed by atoms with Crippen LogP contribution in [0.15, 0.2) is 65.5 Å². The van der Waals surface area contributed by atoms with Gasteiger partial charge in [-0.1, -0.05) is 24.3 Å². The highest BCUT2D eigenvalue weighted by Gasteiger charge is 2.37. The third-order valence-corrected chi connectivity index (χ3v) is 6.59. The van der Waals surface area contributed by atoms with Crippen LogP contribution >= 0.6 is 0 Å². The Labute approximate surface area is 181 Å². The quantitative estimate of drug-likeness (QED) is 0.644. The van der Waals surface area contributed by atoms with Gasteiger partial charge >= 0.3 is 0 Å². The van der Waals surface area contributed by atoms with Crippen LogP contribution in [0.25, 0.3) is 11.1 Å². The smallest absolute Gasteiger partial charge is 0.258 e. The van der Waals surface area contributed by atoms with Crippen molar-refractivity contribution in [3.63, 3.8) is 0 Å². The van der Waals surface area contributed by atoms with E-state index in [1.54, 1.807) is 24.3 Å². The molecule has 5 rings (SSSR count). The highest BCUT2D eigenvalue weighted by molar-refractivity contribution is 5.94. The minimum absolute atomic E-state index is 0.00785. The van der Waals surface area contributed by atoms with E-state index in [9.17, 15) is 9.59 Å². The second-order valence-electron chi connectivity index (χ2n) is 8.60. The van der Waals surface area contributed by atoms with Crippen LogP contribution in [0.4, 0.5) is 0 Å². The molecule has 2 bridgehead atoms. The number of nitrogens with zero attached hydrogens (tertiary/aromatic N) is 3. The largest absolute Gasteiger partial charge is 0.338 e. The molecule has 31 heavy (non-hydrogen) atoms. The Bertz CT molecular complexity index is 1270. The molecule has 1 fully saturated rings. The molecule has 0 saturated carbocycles. The van der Waals surface area contributed by atoms with Crippen molar-refractivity contribution in [3.05, 3.63) is 93.4 Å². The van der Waals surface area contributed by atoms with Crippen LogP contribution < -0.4 is 5.56 Å². The third-order valence-electron chi connectivity index (χ3n) is 6.59. The summed E-state index contributed by atoms with van der Waals surface area (Å²) in [5.41, 5.74) is 5.05. The first kappa shape index (κ1) is 19.3. The van der Waals surface area contributed by atoms with Crippen LogP contribution in [0.1, 0.15) is 39.5 Å². The number of hydrogen-bond acceptors (Lipinski definition) is 3. The predicted molar refractivity (Wildman–Crippen MR) is 119 cm³/mol. The molecule has 0 N–H and O–H groups in total. The molecule has 5 heteroatoms. The Hall–Kier alpha value is -3.65. The summed E-state index contributed by atoms with van der Waals surface area (Å²) in [6, 6.07) is 20.9. The lowest BCUT2D eigenvalue weighted by Gasteiger charge is -2.43. The zero-order chi connectivity index (χ0) is 21.5. The molecule has 3 heterocycles. The van der Waals surface area contributed by atoms with Gasteiger partial charge in [-0.2, -0.15) is 5.26 Å². The van der Waals surface area contributed by atoms with Crippen molar-refractivity contribution in [1.29, 1.82) is 5.26 Å². The molecule has 1 amide bonds. The zero-order valence-electron chi connectivity index (χ0n) is 17.4. The van der Waals surface area contributed by atoms with Gasteiger partial charge in [0.15, 0.2) is 0 Å². The Morgan fingerprint density at radius 3 is 2.48 bits per heavy atom. The van der Waals surface area contributed by atoms with Gasteiger partial charge in [0.1, 0.15) is 0 Å². The van der Waals surface area contributed by atoms with Crippen LogP contribution in [0, 0.1) is 24.2 Å². The number of aryl methyl sites for hydroxylation is 1. The highest BCUT2D eigenvalue weighted by Crippen LogP contribution is 2.36. The summed E-state index contributed by atoms with van der Waals surface area (Å²) in [6.07, 6.45) is 1.00. The molecule has 2 atom stereocenters. The molecule has 2 aliphatic rings. The highest BCUT2D eigenvalue weighted by atomic mass is 16.2. The molecule has 154 valence electrons. The van der Waals surface area contributed by atoms with Crippen molar-refractivity contribution in [3.8, 4) is 17.2 Å². The molecule has 1 saturated heterocycles. The van der Waals surface area contributed by atoms with E-state index < -0.39 is 0 Å². The molecule has 3 aromatic rings. The first-order valence-corrected chi connectivity index (χ1v) is 10.6. The van der Waals surface area contributed by atoms with Crippen LogP contribution in [0.3, 0.4) is 0 Å². The topological polar surface area (TPSA) is 66.1 Å². The molecule has 0 radical (unpaired) electrons. The van der Waals surface area contributed by atoms with E-state index >= 15 is 0 Å². The molecule has 2 unspecified atom stereocenters. The average molecular weight is 409 g/mol. The van der Waals surface area contributed by atoms with Gasteiger partial charge < -0.3 is 9.47 Å². The van der Waals surface area contributed by atoms with Gasteiger partial charge in [-0.05, 0) is 66.8 Å². The van der Waals surface area contributed by atoms with Gasteiger partial charge in [-0.15, -0.1) is 0 Å². The molecular formula is C26H23N3O2. The summed E-state index contributed by atoms with van der Waals surface area (Å²) < 4.78 is 1.93. The average Bonchev–Trinajstić information content (AvgIpc) is 2.80. The van der Waals surface area contributed by atoms with Crippen molar-refractivity contribution < 1.29 is 4.79 Å². The van der Waals surface area contributed by atoms with Gasteiger partial charge in [-0.25, -0.2) is 0 Å². The van der Waals surface area contributed by atoms with Crippen molar-refractivity contribution in [2.45, 2.75) is 25.8 Å². The van der Waals surface area contributed by atoms with E-state index in [2.05, 4.69) is 12.1 Å². The maximum Gasteiger partial charge on any atom is 0.258 e. The summed E-state index contributed by atoms with van der Waals surface area (Å²) in [4.78, 5) is 28.3. The third kappa shape index (κ3) is 3.34. The van der Waals surface area contributed by atoms with E-state index in [0.717, 1.165) is 28.8 Å². The molecular weight excluding hydrogens is 386 g/mol. The molecule has 0 aliphatic carbocycles. The Morgan fingerprint density at radius 2 is 1.74 bits per heavy atom. The first-order chi connectivity index (χ1) is 15.0. The fourth-order valence-corrected chi connectivity index (χ4v) is 5.06. The fraction of sp³-hybridized carbons (Fsp3) is 0.269. The molecule has 0 spiro atoms. The van der Waals surface area contributed by atoms with E-state index in [1.165, 1.54) is 0 Å². The second-order valence-corrected chi connectivity index (χ2v) is 8.60. The van der Waals surface area contributed by atoms with Gasteiger partial charge in [0.25, 0.3) is 11.5 Å². The van der Waals surface area contributed by atoms with Crippen LogP contribution in [-0.2, 0) is 6.54 Å². The van der Waals surface area contributed by atoms with E-state index in [-0.39, 0.29) is 23.3 Å². The SMILES string of the molecule is Cc1ccccc1-c1ccc2n(c1=O)CC1CC2CN(C(=O)c2ccc(C#N)cc2)C1. The van der Waals surface area contributed by atoms with Gasteiger partial charge in [0.2, 0.25) is 0 Å². The normalized spacial score (nSPS) is 19.4. The van der Waals surface area contributed by atoms with Crippen molar-refractivity contribution >= 4 is 5.91 Å². The Kier molecular flexibility index (Phi) is 4.71. The van der Waals surface area contributed by atoms with Gasteiger partial charge in [-0.3, -0.25) is 9.59 Å². The Balaban J connectivity index is 1.45. The van der Waals surface area contributed by atoms with Gasteiger partial charge in [0, 0.05) is 42.4 Å². The maximum atomic E-state index is 13.4. The van der Waals surface area contributed by atoms with E-state index in [1.807, 2.05) is 46.7 Å². The number of rotatable bonds is 2. The second kappa shape index (κ2) is 7.55. The van der Waals surface area contributed by atoms with Crippen molar-refractivity contribution in [2.24, 2.45) is 5.92 Å². The molecule has 2 aromatic carbocycles. The lowest BCUT2D eigenvalue weighted by molar-refractivity contribution is 0.0594. The number of carbonyl (C=O) groups is 1. The zero-order valence-corrected chi connectivity index (χ0v) is 17.4. The van der Waals surface area contributed by atoms with Gasteiger partial charge in [0.05, 0.1) is 11.6 Å². The van der Waals surface area contributed by atoms with Crippen LogP contribution in [-0.4, -0.2) is 28.5 Å². The fourth-order valence-electron chi connectivity index (χ4n) is 5.06. The minimum Gasteiger partial charge on any atom is -0.338 e. The first-order valence-electron chi connectivity index (χ1n) is 10.6. The molecule has 1 aromatic heterocycles. The number of fused-ring (bicyclic) bond motifs is 4. The van der Waals surface area contributed by atoms with Crippen molar-refractivity contribution in [2.75, 3.05) is 13.1 Å². The minimum atomic E-state index is -0.00785. The number of amides is 1. The molecule has 2 aliphatic heterocycles. The van der Waals surface area contributed by atoms with Crippen molar-refractivity contribution in [1.82, 2.24) is 9.47 Å². The number of nitriles is 1. The number of piperidine rings is 1. The summed E-state index contributed by atoms with van der Waals surface area (Å²) in [7, 11) is 0. The summed E-state index contributed by atoms with van der Waals surface area (Å²) >= 11 is 0. The number of likely N-dealkylation sites (tertiary alicyclic amines) is 1. The maximum absolute atomic E-state index is 13.4. The van der Waals surface area contributed by atoms with E-state index in [0.29, 0.717) is 30.8 Å². The number of pyridine rings is 1. The Morgan fingerprint density at radius 1 is 0.968 bits per heavy atom. The summed E-state index contributed by atoms with van der Waals surface area (Å²) in [6.45, 7) is 3.93. The summed E-state index contributed by atoms with van der Waals surface area (Å²) in [5.74, 6) is 0.415. The standard InChI is InChI=1S/C26H23N3O2/c1-17-4-2-3-5-22(17)23-10-11-24-21-12-19(15-29(24)26(23)31)14-28(16-21)25(30)20-8-6-18(13-27)7-9-20/h2-11,19,21H,12,14-16H2,1H3. The van der Waals surface area contributed by atoms with Crippen LogP contribution in [0.2, 0.25) is 0 Å². The monoisotopic (exact) mass is 409 g/mol. The number of aromatic nitrogens is 1. The van der Waals surface area contributed by atoms with E-state index in [4.69, 9.17) is 5.26 Å². The number of carbonyl (C=O) groups excluding carboxylic acids is 1. The van der Waals surface area contributed by atoms with Crippen LogP contribution in [0.5, 0.6) is 0 Å². The number of benzene rings is 2. The summed E-state index contributed by atoms with van der Waals surface area (Å²) in [5, 5.41) is 8.97. The molecule has 5 nitrogen and oxygen atoms in total.